The van der Waals surface area contributed by atoms with E-state index in [1.807, 2.05) is 0 Å². The molecule has 0 atom stereocenters. The number of rotatable bonds is 1. The second-order valence-corrected chi connectivity index (χ2v) is 3.85. The molecule has 3 rings (SSSR count). The molecule has 88 valence electrons. The number of nitrogens with zero attached hydrogens (tertiary/aromatic N) is 2. The molecule has 0 saturated carbocycles. The van der Waals surface area contributed by atoms with Crippen molar-refractivity contribution in [3.05, 3.63) is 47.6 Å². The molecule has 0 bridgehead atoms. The van der Waals surface area contributed by atoms with E-state index in [2.05, 4.69) is 9.97 Å². The largest absolute Gasteiger partial charge is 0.492 e. The molecule has 1 aromatic carbocycles. The Balaban J connectivity index is 2.37. The summed E-state index contributed by atoms with van der Waals surface area (Å²) in [6.07, 6.45) is 4.15. The minimum Gasteiger partial charge on any atom is -0.492 e. The number of benzene rings is 1. The first kappa shape index (κ1) is 10.6. The van der Waals surface area contributed by atoms with E-state index < -0.39 is 0 Å². The summed E-state index contributed by atoms with van der Waals surface area (Å²) >= 11 is 0. The fraction of sp³-hybridized carbons (Fsp3) is 0.0769. The summed E-state index contributed by atoms with van der Waals surface area (Å²) in [5.74, 6) is -0.497. The molecule has 0 saturated heterocycles. The SMILES string of the molecule is COC1=CC(=O)c2c(ccc3ncncc23)C1=O. The lowest BCUT2D eigenvalue weighted by atomic mass is 9.91. The van der Waals surface area contributed by atoms with Crippen LogP contribution in [0.4, 0.5) is 0 Å². The topological polar surface area (TPSA) is 69.2 Å². The average molecular weight is 240 g/mol. The number of methoxy groups -OCH3 is 1. The molecule has 0 spiro atoms. The van der Waals surface area contributed by atoms with Gasteiger partial charge in [-0.15, -0.1) is 0 Å². The summed E-state index contributed by atoms with van der Waals surface area (Å²) < 4.78 is 4.90. The first-order chi connectivity index (χ1) is 8.72. The number of ketones is 2. The van der Waals surface area contributed by atoms with Gasteiger partial charge in [-0.3, -0.25) is 9.59 Å². The standard InChI is InChI=1S/C13H8N2O3/c1-18-11-4-10(16)12-7(13(11)17)2-3-9-8(12)5-14-6-15-9/h2-6H,1H3. The van der Waals surface area contributed by atoms with Crippen molar-refractivity contribution < 1.29 is 14.3 Å². The molecule has 0 N–H and O–H groups in total. The lowest BCUT2D eigenvalue weighted by Gasteiger charge is -2.15. The number of hydrogen-bond acceptors (Lipinski definition) is 5. The van der Waals surface area contributed by atoms with Crippen molar-refractivity contribution in [3.63, 3.8) is 0 Å². The number of ether oxygens (including phenoxy) is 1. The molecule has 1 heterocycles. The summed E-state index contributed by atoms with van der Waals surface area (Å²) in [5, 5.41) is 0.583. The predicted octanol–water partition coefficient (Wildman–Crippen LogP) is 1.54. The van der Waals surface area contributed by atoms with E-state index in [-0.39, 0.29) is 17.3 Å². The van der Waals surface area contributed by atoms with Crippen molar-refractivity contribution in [2.45, 2.75) is 0 Å². The van der Waals surface area contributed by atoms with Gasteiger partial charge >= 0.3 is 0 Å². The summed E-state index contributed by atoms with van der Waals surface area (Å²) in [5.41, 5.74) is 1.32. The summed E-state index contributed by atoms with van der Waals surface area (Å²) in [6.45, 7) is 0. The quantitative estimate of drug-likeness (QED) is 0.756. The zero-order valence-corrected chi connectivity index (χ0v) is 9.51. The first-order valence-electron chi connectivity index (χ1n) is 5.30. The van der Waals surface area contributed by atoms with Gasteiger partial charge in [0.25, 0.3) is 0 Å². The van der Waals surface area contributed by atoms with Crippen molar-refractivity contribution in [1.82, 2.24) is 9.97 Å². The van der Waals surface area contributed by atoms with Crippen LogP contribution in [0.5, 0.6) is 0 Å². The molecule has 1 aromatic heterocycles. The molecule has 0 amide bonds. The van der Waals surface area contributed by atoms with Crippen molar-refractivity contribution in [2.75, 3.05) is 7.11 Å². The molecule has 5 heteroatoms. The summed E-state index contributed by atoms with van der Waals surface area (Å²) in [7, 11) is 1.37. The zero-order valence-electron chi connectivity index (χ0n) is 9.51. The third-order valence-electron chi connectivity index (χ3n) is 2.89. The molecule has 0 radical (unpaired) electrons. The lowest BCUT2D eigenvalue weighted by Crippen LogP contribution is -2.18. The molecule has 5 nitrogen and oxygen atoms in total. The van der Waals surface area contributed by atoms with Crippen LogP contribution in [-0.2, 0) is 4.74 Å². The minimum atomic E-state index is -0.294. The van der Waals surface area contributed by atoms with Crippen molar-refractivity contribution in [3.8, 4) is 0 Å². The van der Waals surface area contributed by atoms with E-state index in [9.17, 15) is 9.59 Å². The smallest absolute Gasteiger partial charge is 0.228 e. The Labute approximate surface area is 102 Å². The average Bonchev–Trinajstić information content (AvgIpc) is 2.41. The highest BCUT2D eigenvalue weighted by Gasteiger charge is 2.28. The highest BCUT2D eigenvalue weighted by atomic mass is 16.5. The van der Waals surface area contributed by atoms with Crippen LogP contribution in [0, 0.1) is 0 Å². The Morgan fingerprint density at radius 1 is 1.22 bits per heavy atom. The molecule has 0 aliphatic heterocycles. The lowest BCUT2D eigenvalue weighted by molar-refractivity contribution is 0.0917. The maximum absolute atomic E-state index is 12.1. The van der Waals surface area contributed by atoms with Gasteiger partial charge in [-0.25, -0.2) is 9.97 Å². The van der Waals surface area contributed by atoms with Crippen molar-refractivity contribution >= 4 is 22.5 Å². The van der Waals surface area contributed by atoms with Crippen LogP contribution < -0.4 is 0 Å². The second kappa shape index (κ2) is 3.73. The number of hydrogen-bond donors (Lipinski definition) is 0. The molecule has 0 fully saturated rings. The van der Waals surface area contributed by atoms with Gasteiger partial charge in [-0.1, -0.05) is 0 Å². The number of allylic oxidation sites excluding steroid dienone is 2. The number of Topliss-reactive ketones (excluding diaryl/α,β-unsaturated/α-hetero) is 1. The second-order valence-electron chi connectivity index (χ2n) is 3.85. The third-order valence-corrected chi connectivity index (χ3v) is 2.89. The van der Waals surface area contributed by atoms with E-state index in [0.29, 0.717) is 22.0 Å². The summed E-state index contributed by atoms with van der Waals surface area (Å²) in [4.78, 5) is 32.1. The molecule has 18 heavy (non-hydrogen) atoms. The van der Waals surface area contributed by atoms with Gasteiger partial charge in [0.1, 0.15) is 6.33 Å². The number of carbonyl (C=O) groups excluding carboxylic acids is 2. The molecule has 0 unspecified atom stereocenters. The first-order valence-corrected chi connectivity index (χ1v) is 5.30. The van der Waals surface area contributed by atoms with Gasteiger partial charge in [0.05, 0.1) is 12.6 Å². The molecular weight excluding hydrogens is 232 g/mol. The van der Waals surface area contributed by atoms with Gasteiger partial charge in [0.15, 0.2) is 11.5 Å². The number of fused-ring (bicyclic) bond motifs is 3. The van der Waals surface area contributed by atoms with E-state index in [1.165, 1.54) is 25.7 Å². The van der Waals surface area contributed by atoms with Gasteiger partial charge in [-0.2, -0.15) is 0 Å². The monoisotopic (exact) mass is 240 g/mol. The Kier molecular flexibility index (Phi) is 2.19. The normalized spacial score (nSPS) is 14.4. The molecule has 1 aliphatic rings. The Hall–Kier alpha value is -2.56. The fourth-order valence-electron chi connectivity index (χ4n) is 2.05. The molecule has 2 aromatic rings. The predicted molar refractivity (Wildman–Crippen MR) is 63.3 cm³/mol. The zero-order chi connectivity index (χ0) is 12.7. The van der Waals surface area contributed by atoms with E-state index in [4.69, 9.17) is 4.74 Å². The van der Waals surface area contributed by atoms with Crippen molar-refractivity contribution in [2.24, 2.45) is 0 Å². The maximum Gasteiger partial charge on any atom is 0.228 e. The summed E-state index contributed by atoms with van der Waals surface area (Å²) in [6, 6.07) is 3.29. The van der Waals surface area contributed by atoms with Crippen LogP contribution in [0.25, 0.3) is 10.9 Å². The van der Waals surface area contributed by atoms with E-state index >= 15 is 0 Å². The van der Waals surface area contributed by atoms with Gasteiger partial charge in [0.2, 0.25) is 5.78 Å². The van der Waals surface area contributed by atoms with Crippen LogP contribution in [-0.4, -0.2) is 28.6 Å². The third kappa shape index (κ3) is 1.34. The van der Waals surface area contributed by atoms with Crippen LogP contribution in [0.2, 0.25) is 0 Å². The number of aromatic nitrogens is 2. The maximum atomic E-state index is 12.1. The Morgan fingerprint density at radius 2 is 2.06 bits per heavy atom. The molecular formula is C13H8N2O3. The van der Waals surface area contributed by atoms with Crippen LogP contribution in [0.3, 0.4) is 0 Å². The Bertz CT molecular complexity index is 719. The highest BCUT2D eigenvalue weighted by Crippen LogP contribution is 2.27. The molecule has 1 aliphatic carbocycles. The Morgan fingerprint density at radius 3 is 2.83 bits per heavy atom. The van der Waals surface area contributed by atoms with E-state index in [1.54, 1.807) is 12.1 Å². The van der Waals surface area contributed by atoms with Gasteiger partial charge in [-0.05, 0) is 12.1 Å². The van der Waals surface area contributed by atoms with Gasteiger partial charge in [0, 0.05) is 28.8 Å². The minimum absolute atomic E-state index is 0.0590. The number of carbonyl (C=O) groups is 2. The highest BCUT2D eigenvalue weighted by molar-refractivity contribution is 6.27. The van der Waals surface area contributed by atoms with Gasteiger partial charge < -0.3 is 4.74 Å². The van der Waals surface area contributed by atoms with Crippen LogP contribution in [0.15, 0.2) is 36.5 Å². The van der Waals surface area contributed by atoms with E-state index in [0.717, 1.165) is 0 Å². The van der Waals surface area contributed by atoms with Crippen molar-refractivity contribution in [1.29, 1.82) is 0 Å². The van der Waals surface area contributed by atoms with Crippen LogP contribution >= 0.6 is 0 Å². The van der Waals surface area contributed by atoms with Crippen LogP contribution in [0.1, 0.15) is 20.7 Å². The fourth-order valence-corrected chi connectivity index (χ4v) is 2.05.